The molecule has 0 spiro atoms. The number of rotatable bonds is 5. The highest BCUT2D eigenvalue weighted by atomic mass is 35.5. The van der Waals surface area contributed by atoms with Crippen molar-refractivity contribution in [3.63, 3.8) is 0 Å². The van der Waals surface area contributed by atoms with Crippen LogP contribution in [0.1, 0.15) is 12.6 Å². The van der Waals surface area contributed by atoms with Gasteiger partial charge < -0.3 is 24.7 Å². The van der Waals surface area contributed by atoms with Crippen LogP contribution >= 0.6 is 19.2 Å². The van der Waals surface area contributed by atoms with E-state index in [-0.39, 0.29) is 17.4 Å². The van der Waals surface area contributed by atoms with Crippen molar-refractivity contribution in [3.8, 4) is 5.82 Å². The molecule has 1 aliphatic rings. The van der Waals surface area contributed by atoms with Crippen molar-refractivity contribution in [1.29, 1.82) is 0 Å². The fraction of sp³-hybridized carbons (Fsp3) is 0.316. The van der Waals surface area contributed by atoms with Gasteiger partial charge in [0.05, 0.1) is 24.1 Å². The number of nitrogens with zero attached hydrogens (tertiary/aromatic N) is 5. The van der Waals surface area contributed by atoms with Gasteiger partial charge in [-0.2, -0.15) is 9.97 Å². The quantitative estimate of drug-likeness (QED) is 0.246. The number of halogens is 1. The maximum atomic E-state index is 11.2. The molecule has 1 saturated heterocycles. The highest BCUT2D eigenvalue weighted by Crippen LogP contribution is 2.39. The van der Waals surface area contributed by atoms with Gasteiger partial charge in [0.25, 0.3) is 0 Å². The average Bonchev–Trinajstić information content (AvgIpc) is 3.42. The third-order valence-electron chi connectivity index (χ3n) is 5.52. The maximum absolute atomic E-state index is 11.2. The van der Waals surface area contributed by atoms with E-state index in [4.69, 9.17) is 26.1 Å². The maximum Gasteiger partial charge on any atom is 0.325 e. The number of imidazole rings is 1. The Labute approximate surface area is 186 Å². The summed E-state index contributed by atoms with van der Waals surface area (Å²) in [4.78, 5) is 31.2. The van der Waals surface area contributed by atoms with Gasteiger partial charge in [-0.25, -0.2) is 4.98 Å². The van der Waals surface area contributed by atoms with Crippen LogP contribution in [-0.4, -0.2) is 68.6 Å². The number of aliphatic hydroxyl groups excluding tert-OH is 2. The van der Waals surface area contributed by atoms with Crippen LogP contribution in [0.3, 0.4) is 0 Å². The Bertz CT molecular complexity index is 1350. The molecule has 3 aromatic heterocycles. The van der Waals surface area contributed by atoms with Gasteiger partial charge in [-0.1, -0.05) is 18.2 Å². The molecular weight excluding hydrogens is 461 g/mol. The number of hydrogen-bond donors (Lipinski definition) is 4. The second-order valence-corrected chi connectivity index (χ2v) is 9.72. The second kappa shape index (κ2) is 7.89. The molecule has 4 aromatic rings. The summed E-state index contributed by atoms with van der Waals surface area (Å²) >= 11 is 6.21. The molecule has 0 saturated carbocycles. The Morgan fingerprint density at radius 2 is 1.91 bits per heavy atom. The van der Waals surface area contributed by atoms with Crippen LogP contribution in [0.4, 0.5) is 0 Å². The van der Waals surface area contributed by atoms with E-state index in [2.05, 4.69) is 15.0 Å². The molecule has 0 bridgehead atoms. The van der Waals surface area contributed by atoms with E-state index in [0.717, 1.165) is 10.9 Å². The number of para-hydroxylation sites is 1. The number of benzene rings is 1. The van der Waals surface area contributed by atoms with Crippen molar-refractivity contribution in [3.05, 3.63) is 48.1 Å². The van der Waals surface area contributed by atoms with Gasteiger partial charge in [-0.15, -0.1) is 0 Å². The number of fused-ring (bicyclic) bond motifs is 2. The van der Waals surface area contributed by atoms with E-state index < -0.39 is 38.3 Å². The minimum atomic E-state index is -4.28. The van der Waals surface area contributed by atoms with Crippen LogP contribution < -0.4 is 0 Å². The summed E-state index contributed by atoms with van der Waals surface area (Å²) in [5, 5.41) is 21.9. The summed E-state index contributed by atoms with van der Waals surface area (Å²) in [6.45, 7) is 0. The van der Waals surface area contributed by atoms with Crippen molar-refractivity contribution >= 4 is 41.3 Å². The van der Waals surface area contributed by atoms with Gasteiger partial charge in [-0.3, -0.25) is 13.7 Å². The van der Waals surface area contributed by atoms with Crippen LogP contribution in [0.2, 0.25) is 5.28 Å². The van der Waals surface area contributed by atoms with Crippen LogP contribution in [0.25, 0.3) is 27.9 Å². The number of aliphatic hydroxyl groups is 2. The van der Waals surface area contributed by atoms with Crippen LogP contribution in [-0.2, 0) is 9.30 Å². The summed E-state index contributed by atoms with van der Waals surface area (Å²) in [6, 6.07) is 9.66. The Kier molecular flexibility index (Phi) is 5.30. The van der Waals surface area contributed by atoms with E-state index in [1.54, 1.807) is 0 Å². The lowest BCUT2D eigenvalue weighted by molar-refractivity contribution is -0.0355. The first-order valence-corrected chi connectivity index (χ1v) is 11.9. The van der Waals surface area contributed by atoms with Crippen molar-refractivity contribution < 1.29 is 29.3 Å². The fourth-order valence-electron chi connectivity index (χ4n) is 3.99. The Morgan fingerprint density at radius 1 is 1.12 bits per heavy atom. The van der Waals surface area contributed by atoms with Gasteiger partial charge in [0.15, 0.2) is 23.2 Å². The lowest BCUT2D eigenvalue weighted by Crippen LogP contribution is -2.31. The summed E-state index contributed by atoms with van der Waals surface area (Å²) in [5.41, 5.74) is 1.58. The molecule has 0 radical (unpaired) electrons. The van der Waals surface area contributed by atoms with Gasteiger partial charge in [0.1, 0.15) is 12.2 Å². The van der Waals surface area contributed by atoms with Crippen molar-refractivity contribution in [1.82, 2.24) is 24.1 Å². The Balaban J connectivity index is 1.55. The molecular formula is C19H19ClN5O6P. The number of hydrogen-bond acceptors (Lipinski definition) is 7. The molecule has 0 amide bonds. The molecule has 4 unspecified atom stereocenters. The van der Waals surface area contributed by atoms with Gasteiger partial charge in [0.2, 0.25) is 5.28 Å². The lowest BCUT2D eigenvalue weighted by atomic mass is 10.1. The zero-order chi connectivity index (χ0) is 22.6. The van der Waals surface area contributed by atoms with Crippen molar-refractivity contribution in [2.24, 2.45) is 0 Å². The topological polar surface area (TPSA) is 156 Å². The molecule has 4 atom stereocenters. The minimum Gasteiger partial charge on any atom is -0.388 e. The van der Waals surface area contributed by atoms with E-state index in [9.17, 15) is 14.8 Å². The SMILES string of the molecule is O=P(O)(O)CCC1OC(n2cnc3c(-n4ccc5ccccc54)nc(Cl)nc32)C(O)C1O. The van der Waals surface area contributed by atoms with Crippen LogP contribution in [0, 0.1) is 0 Å². The van der Waals surface area contributed by atoms with E-state index in [1.807, 2.05) is 41.1 Å². The lowest BCUT2D eigenvalue weighted by Gasteiger charge is -2.17. The highest BCUT2D eigenvalue weighted by Gasteiger charge is 2.44. The molecule has 0 aliphatic carbocycles. The average molecular weight is 480 g/mol. The molecule has 32 heavy (non-hydrogen) atoms. The molecule has 168 valence electrons. The summed E-state index contributed by atoms with van der Waals surface area (Å²) in [5.74, 6) is 0.436. The van der Waals surface area contributed by atoms with E-state index in [0.29, 0.717) is 11.3 Å². The second-order valence-electron chi connectivity index (χ2n) is 7.61. The third-order valence-corrected chi connectivity index (χ3v) is 6.53. The fourth-order valence-corrected chi connectivity index (χ4v) is 4.74. The highest BCUT2D eigenvalue weighted by molar-refractivity contribution is 7.51. The Morgan fingerprint density at radius 3 is 2.69 bits per heavy atom. The zero-order valence-electron chi connectivity index (χ0n) is 16.4. The van der Waals surface area contributed by atoms with Gasteiger partial charge in [-0.05, 0) is 35.5 Å². The standard InChI is InChI=1S/C19H19ClN5O6P/c20-19-22-16(24-7-5-10-3-1-2-4-11(10)24)13-17(23-19)25(9-21-13)18-15(27)14(26)12(31-18)6-8-32(28,29)30/h1-5,7,9,12,14-15,18,26-27H,6,8H2,(H2,28,29,30). The first kappa shape index (κ1) is 21.5. The molecule has 4 heterocycles. The normalized spacial score (nSPS) is 24.0. The van der Waals surface area contributed by atoms with Crippen molar-refractivity contribution in [2.45, 2.75) is 31.0 Å². The largest absolute Gasteiger partial charge is 0.388 e. The van der Waals surface area contributed by atoms with E-state index in [1.165, 1.54) is 10.9 Å². The summed E-state index contributed by atoms with van der Waals surface area (Å²) < 4.78 is 20.2. The molecule has 1 aliphatic heterocycles. The molecule has 1 aromatic carbocycles. The predicted octanol–water partition coefficient (Wildman–Crippen LogP) is 1.61. The zero-order valence-corrected chi connectivity index (χ0v) is 18.1. The first-order valence-electron chi connectivity index (χ1n) is 9.75. The summed E-state index contributed by atoms with van der Waals surface area (Å²) in [6.07, 6.45) is -2.10. The minimum absolute atomic E-state index is 0.0434. The van der Waals surface area contributed by atoms with Crippen molar-refractivity contribution in [2.75, 3.05) is 6.16 Å². The molecule has 13 heteroatoms. The van der Waals surface area contributed by atoms with Crippen LogP contribution in [0.5, 0.6) is 0 Å². The smallest absolute Gasteiger partial charge is 0.325 e. The molecule has 5 rings (SSSR count). The third kappa shape index (κ3) is 3.71. The Hall–Kier alpha value is -2.37. The molecule has 11 nitrogen and oxygen atoms in total. The van der Waals surface area contributed by atoms with Crippen LogP contribution in [0.15, 0.2) is 42.9 Å². The molecule has 1 fully saturated rings. The van der Waals surface area contributed by atoms with E-state index >= 15 is 0 Å². The number of aromatic nitrogens is 5. The first-order chi connectivity index (χ1) is 15.2. The predicted molar refractivity (Wildman–Crippen MR) is 115 cm³/mol. The monoisotopic (exact) mass is 479 g/mol. The van der Waals surface area contributed by atoms with Gasteiger partial charge in [0, 0.05) is 6.20 Å². The summed E-state index contributed by atoms with van der Waals surface area (Å²) in [7, 11) is -4.28. The van der Waals surface area contributed by atoms with Gasteiger partial charge >= 0.3 is 7.60 Å². The number of ether oxygens (including phenoxy) is 1. The molecule has 4 N–H and O–H groups in total.